The summed E-state index contributed by atoms with van der Waals surface area (Å²) in [6.07, 6.45) is 0.807. The molecule has 0 amide bonds. The van der Waals surface area contributed by atoms with Crippen LogP contribution >= 0.6 is 23.6 Å². The third-order valence-electron chi connectivity index (χ3n) is 3.79. The van der Waals surface area contributed by atoms with E-state index >= 15 is 0 Å². The number of benzene rings is 1. The van der Waals surface area contributed by atoms with E-state index in [-0.39, 0.29) is 5.97 Å². The Bertz CT molecular complexity index is 810. The molecule has 0 radical (unpaired) electrons. The van der Waals surface area contributed by atoms with Gasteiger partial charge >= 0.3 is 5.97 Å². The highest BCUT2D eigenvalue weighted by molar-refractivity contribution is 7.80. The van der Waals surface area contributed by atoms with Crippen LogP contribution in [-0.4, -0.2) is 23.2 Å². The lowest BCUT2D eigenvalue weighted by Crippen LogP contribution is -2.27. The number of thiophene rings is 1. The second kappa shape index (κ2) is 7.73. The molecule has 0 bridgehead atoms. The van der Waals surface area contributed by atoms with Gasteiger partial charge in [-0.05, 0) is 63.7 Å². The quantitative estimate of drug-likeness (QED) is 0.541. The van der Waals surface area contributed by atoms with Crippen LogP contribution in [-0.2, 0) is 17.7 Å². The summed E-state index contributed by atoms with van der Waals surface area (Å²) < 4.78 is 5.63. The molecule has 3 rings (SSSR count). The van der Waals surface area contributed by atoms with Crippen molar-refractivity contribution in [3.8, 4) is 0 Å². The number of para-hydroxylation sites is 1. The van der Waals surface area contributed by atoms with Gasteiger partial charge in [-0.3, -0.25) is 0 Å². The third kappa shape index (κ3) is 4.60. The number of anilines is 2. The second-order valence-corrected chi connectivity index (χ2v) is 8.60. The lowest BCUT2D eigenvalue weighted by Gasteiger charge is -2.21. The Labute approximate surface area is 163 Å². The standard InChI is InChI=1S/C19H23N3O2S2/c1-19(2,3)24-17(23)15-13-9-10-20-11-14(13)26-16(15)22-18(25)21-12-7-5-4-6-8-12/h4-8,20H,9-11H2,1-3H3,(H2,21,22,25). The van der Waals surface area contributed by atoms with Gasteiger partial charge in [-0.15, -0.1) is 11.3 Å². The van der Waals surface area contributed by atoms with Crippen molar-refractivity contribution in [2.45, 2.75) is 39.3 Å². The fourth-order valence-electron chi connectivity index (χ4n) is 2.75. The van der Waals surface area contributed by atoms with Crippen molar-refractivity contribution < 1.29 is 9.53 Å². The molecule has 0 saturated carbocycles. The van der Waals surface area contributed by atoms with Gasteiger partial charge in [0.05, 0.1) is 5.56 Å². The number of carbonyl (C=O) groups is 1. The maximum absolute atomic E-state index is 12.8. The summed E-state index contributed by atoms with van der Waals surface area (Å²) in [5.74, 6) is -0.304. The number of fused-ring (bicyclic) bond motifs is 1. The largest absolute Gasteiger partial charge is 0.456 e. The average molecular weight is 390 g/mol. The zero-order valence-electron chi connectivity index (χ0n) is 15.1. The van der Waals surface area contributed by atoms with Gasteiger partial charge in [0.15, 0.2) is 5.11 Å². The molecular formula is C19H23N3O2S2. The fraction of sp³-hybridized carbons (Fsp3) is 0.368. The number of rotatable bonds is 3. The van der Waals surface area contributed by atoms with Gasteiger partial charge in [-0.1, -0.05) is 18.2 Å². The Morgan fingerprint density at radius 2 is 1.96 bits per heavy atom. The molecule has 1 aliphatic heterocycles. The van der Waals surface area contributed by atoms with Crippen LogP contribution in [0.3, 0.4) is 0 Å². The summed E-state index contributed by atoms with van der Waals surface area (Å²) in [5.41, 5.74) is 2.03. The monoisotopic (exact) mass is 389 g/mol. The molecule has 0 spiro atoms. The smallest absolute Gasteiger partial charge is 0.341 e. The van der Waals surface area contributed by atoms with Crippen LogP contribution in [0, 0.1) is 0 Å². The number of thiocarbonyl (C=S) groups is 1. The van der Waals surface area contributed by atoms with E-state index in [4.69, 9.17) is 17.0 Å². The highest BCUT2D eigenvalue weighted by Crippen LogP contribution is 2.36. The SMILES string of the molecule is CC(C)(C)OC(=O)c1c(NC(=S)Nc2ccccc2)sc2c1CCNC2. The predicted octanol–water partition coefficient (Wildman–Crippen LogP) is 4.16. The van der Waals surface area contributed by atoms with Gasteiger partial charge in [0, 0.05) is 17.1 Å². The predicted molar refractivity (Wildman–Crippen MR) is 111 cm³/mol. The van der Waals surface area contributed by atoms with Crippen molar-refractivity contribution >= 4 is 45.3 Å². The number of carbonyl (C=O) groups excluding carboxylic acids is 1. The molecule has 0 aliphatic carbocycles. The zero-order valence-corrected chi connectivity index (χ0v) is 16.8. The molecule has 26 heavy (non-hydrogen) atoms. The highest BCUT2D eigenvalue weighted by atomic mass is 32.1. The van der Waals surface area contributed by atoms with Crippen LogP contribution in [0.15, 0.2) is 30.3 Å². The summed E-state index contributed by atoms with van der Waals surface area (Å²) in [4.78, 5) is 14.0. The molecule has 1 aromatic carbocycles. The van der Waals surface area contributed by atoms with Crippen molar-refractivity contribution in [2.24, 2.45) is 0 Å². The van der Waals surface area contributed by atoms with E-state index in [2.05, 4.69) is 16.0 Å². The Kier molecular flexibility index (Phi) is 5.60. The molecule has 5 nitrogen and oxygen atoms in total. The van der Waals surface area contributed by atoms with E-state index in [9.17, 15) is 4.79 Å². The molecule has 138 valence electrons. The Morgan fingerprint density at radius 1 is 1.23 bits per heavy atom. The number of esters is 1. The molecule has 7 heteroatoms. The zero-order chi connectivity index (χ0) is 18.7. The van der Waals surface area contributed by atoms with Crippen molar-refractivity contribution in [3.05, 3.63) is 46.3 Å². The van der Waals surface area contributed by atoms with Crippen molar-refractivity contribution in [3.63, 3.8) is 0 Å². The van der Waals surface area contributed by atoms with Gasteiger partial charge < -0.3 is 20.7 Å². The molecule has 3 N–H and O–H groups in total. The van der Waals surface area contributed by atoms with Crippen LogP contribution < -0.4 is 16.0 Å². The van der Waals surface area contributed by atoms with Gasteiger partial charge in [-0.2, -0.15) is 0 Å². The van der Waals surface area contributed by atoms with E-state index in [0.717, 1.165) is 40.6 Å². The van der Waals surface area contributed by atoms with E-state index in [0.29, 0.717) is 10.7 Å². The lowest BCUT2D eigenvalue weighted by atomic mass is 10.0. The number of hydrogen-bond acceptors (Lipinski definition) is 5. The maximum Gasteiger partial charge on any atom is 0.341 e. The molecule has 2 aromatic rings. The molecule has 0 unspecified atom stereocenters. The van der Waals surface area contributed by atoms with Gasteiger partial charge in [0.2, 0.25) is 0 Å². The third-order valence-corrected chi connectivity index (χ3v) is 5.14. The molecule has 0 atom stereocenters. The van der Waals surface area contributed by atoms with Gasteiger partial charge in [-0.25, -0.2) is 4.79 Å². The topological polar surface area (TPSA) is 62.4 Å². The molecule has 0 saturated heterocycles. The highest BCUT2D eigenvalue weighted by Gasteiger charge is 2.29. The van der Waals surface area contributed by atoms with Crippen LogP contribution in [0.25, 0.3) is 0 Å². The Hall–Kier alpha value is -1.96. The first-order chi connectivity index (χ1) is 12.3. The number of ether oxygens (including phenoxy) is 1. The number of nitrogens with one attached hydrogen (secondary N) is 3. The van der Waals surface area contributed by atoms with Crippen molar-refractivity contribution in [1.29, 1.82) is 0 Å². The molecule has 0 fully saturated rings. The van der Waals surface area contributed by atoms with Crippen LogP contribution in [0.5, 0.6) is 0 Å². The normalized spacial score (nSPS) is 13.7. The number of hydrogen-bond donors (Lipinski definition) is 3. The summed E-state index contributed by atoms with van der Waals surface area (Å²) in [5, 5.41) is 10.9. The van der Waals surface area contributed by atoms with E-state index in [1.54, 1.807) is 11.3 Å². The average Bonchev–Trinajstić information content (AvgIpc) is 2.91. The molecule has 2 heterocycles. The molecule has 1 aromatic heterocycles. The van der Waals surface area contributed by atoms with Gasteiger partial charge in [0.1, 0.15) is 10.6 Å². The first-order valence-electron chi connectivity index (χ1n) is 8.55. The Morgan fingerprint density at radius 3 is 2.65 bits per heavy atom. The van der Waals surface area contributed by atoms with E-state index in [1.807, 2.05) is 51.1 Å². The van der Waals surface area contributed by atoms with Crippen LogP contribution in [0.2, 0.25) is 0 Å². The summed E-state index contributed by atoms with van der Waals surface area (Å²) in [7, 11) is 0. The Balaban J connectivity index is 1.85. The van der Waals surface area contributed by atoms with Crippen molar-refractivity contribution in [2.75, 3.05) is 17.2 Å². The summed E-state index contributed by atoms with van der Waals surface area (Å²) in [6, 6.07) is 9.69. The minimum absolute atomic E-state index is 0.304. The summed E-state index contributed by atoms with van der Waals surface area (Å²) >= 11 is 6.98. The first-order valence-corrected chi connectivity index (χ1v) is 9.77. The van der Waals surface area contributed by atoms with Crippen LogP contribution in [0.1, 0.15) is 41.6 Å². The van der Waals surface area contributed by atoms with E-state index in [1.165, 1.54) is 0 Å². The van der Waals surface area contributed by atoms with E-state index < -0.39 is 5.60 Å². The first kappa shape index (κ1) is 18.8. The maximum atomic E-state index is 12.8. The van der Waals surface area contributed by atoms with Gasteiger partial charge in [0.25, 0.3) is 0 Å². The molecule has 1 aliphatic rings. The lowest BCUT2D eigenvalue weighted by molar-refractivity contribution is 0.00699. The fourth-order valence-corrected chi connectivity index (χ4v) is 4.25. The summed E-state index contributed by atoms with van der Waals surface area (Å²) in [6.45, 7) is 7.24. The second-order valence-electron chi connectivity index (χ2n) is 7.08. The van der Waals surface area contributed by atoms with Crippen LogP contribution in [0.4, 0.5) is 10.7 Å². The minimum Gasteiger partial charge on any atom is -0.456 e. The molecular weight excluding hydrogens is 366 g/mol. The van der Waals surface area contributed by atoms with Crippen molar-refractivity contribution in [1.82, 2.24) is 5.32 Å². The minimum atomic E-state index is -0.543.